The third-order valence-electron chi connectivity index (χ3n) is 5.22. The van der Waals surface area contributed by atoms with Gasteiger partial charge in [-0.15, -0.1) is 0 Å². The second-order valence-corrected chi connectivity index (χ2v) is 9.86. The SMILES string of the molecule is C=CC(=O)Sc1ccc(-c2ccc3cc(-c4ccc(SC(=O)C(=C)C)cc4)ccc3c2)c(F)c1. The number of fused-ring (bicyclic) bond motifs is 1. The first kappa shape index (κ1) is 23.7. The lowest BCUT2D eigenvalue weighted by atomic mass is 9.97. The Kier molecular flexibility index (Phi) is 7.15. The summed E-state index contributed by atoms with van der Waals surface area (Å²) in [6.45, 7) is 8.83. The normalized spacial score (nSPS) is 10.8. The Morgan fingerprint density at radius 2 is 1.35 bits per heavy atom. The van der Waals surface area contributed by atoms with E-state index >= 15 is 0 Å². The quantitative estimate of drug-likeness (QED) is 0.204. The highest BCUT2D eigenvalue weighted by Crippen LogP contribution is 2.32. The zero-order valence-electron chi connectivity index (χ0n) is 18.5. The molecule has 0 saturated carbocycles. The smallest absolute Gasteiger partial charge is 0.219 e. The Bertz CT molecular complexity index is 1440. The number of hydrogen-bond donors (Lipinski definition) is 0. The molecular formula is C29H21FO2S2. The molecule has 0 fully saturated rings. The summed E-state index contributed by atoms with van der Waals surface area (Å²) >= 11 is 2.12. The van der Waals surface area contributed by atoms with Gasteiger partial charge in [0.1, 0.15) is 5.82 Å². The van der Waals surface area contributed by atoms with Crippen LogP contribution >= 0.6 is 23.5 Å². The molecule has 2 nitrogen and oxygen atoms in total. The highest BCUT2D eigenvalue weighted by molar-refractivity contribution is 8.14. The summed E-state index contributed by atoms with van der Waals surface area (Å²) in [5, 5.41) is 1.79. The van der Waals surface area contributed by atoms with Gasteiger partial charge in [0.15, 0.2) is 0 Å². The molecule has 0 aliphatic rings. The molecule has 0 radical (unpaired) electrons. The number of halogens is 1. The van der Waals surface area contributed by atoms with E-state index in [0.717, 1.165) is 44.1 Å². The molecule has 4 aromatic carbocycles. The van der Waals surface area contributed by atoms with Crippen molar-refractivity contribution in [2.75, 3.05) is 0 Å². The van der Waals surface area contributed by atoms with Gasteiger partial charge in [0.25, 0.3) is 0 Å². The van der Waals surface area contributed by atoms with E-state index < -0.39 is 0 Å². The Morgan fingerprint density at radius 1 is 0.765 bits per heavy atom. The number of hydrogen-bond acceptors (Lipinski definition) is 4. The van der Waals surface area contributed by atoms with Crippen molar-refractivity contribution < 1.29 is 14.0 Å². The zero-order chi connectivity index (χ0) is 24.2. The minimum atomic E-state index is -0.374. The van der Waals surface area contributed by atoms with Gasteiger partial charge in [-0.05, 0) is 106 Å². The first-order valence-corrected chi connectivity index (χ1v) is 12.1. The summed E-state index contributed by atoms with van der Waals surface area (Å²) < 4.78 is 14.8. The summed E-state index contributed by atoms with van der Waals surface area (Å²) in [5.74, 6) is -0.374. The first-order valence-electron chi connectivity index (χ1n) is 10.5. The van der Waals surface area contributed by atoms with Crippen molar-refractivity contribution in [2.45, 2.75) is 16.7 Å². The van der Waals surface area contributed by atoms with E-state index in [0.29, 0.717) is 16.0 Å². The first-order chi connectivity index (χ1) is 16.3. The molecule has 0 atom stereocenters. The molecule has 0 saturated heterocycles. The molecule has 0 N–H and O–H groups in total. The molecule has 0 heterocycles. The maximum absolute atomic E-state index is 14.8. The van der Waals surface area contributed by atoms with Gasteiger partial charge in [-0.2, -0.15) is 0 Å². The fraction of sp³-hybridized carbons (Fsp3) is 0.0345. The van der Waals surface area contributed by atoms with Crippen LogP contribution in [0.1, 0.15) is 6.92 Å². The second kappa shape index (κ2) is 10.2. The summed E-state index contributed by atoms with van der Waals surface area (Å²) in [4.78, 5) is 24.8. The number of thioether (sulfide) groups is 2. The molecule has 0 spiro atoms. The molecule has 168 valence electrons. The third kappa shape index (κ3) is 5.38. The molecule has 0 unspecified atom stereocenters. The predicted octanol–water partition coefficient (Wildman–Crippen LogP) is 8.31. The fourth-order valence-corrected chi connectivity index (χ4v) is 4.73. The molecule has 0 bridgehead atoms. The second-order valence-electron chi connectivity index (χ2n) is 7.74. The topological polar surface area (TPSA) is 34.1 Å². The van der Waals surface area contributed by atoms with E-state index in [1.807, 2.05) is 54.6 Å². The van der Waals surface area contributed by atoms with Crippen molar-refractivity contribution in [3.05, 3.63) is 109 Å². The highest BCUT2D eigenvalue weighted by Gasteiger charge is 2.10. The Labute approximate surface area is 206 Å². The minimum Gasteiger partial charge on any atom is -0.282 e. The molecular weight excluding hydrogens is 463 g/mol. The van der Waals surface area contributed by atoms with E-state index in [1.54, 1.807) is 19.1 Å². The van der Waals surface area contributed by atoms with Gasteiger partial charge < -0.3 is 0 Å². The predicted molar refractivity (Wildman–Crippen MR) is 142 cm³/mol. The third-order valence-corrected chi connectivity index (χ3v) is 7.12. The van der Waals surface area contributed by atoms with Crippen molar-refractivity contribution in [1.82, 2.24) is 0 Å². The number of carbonyl (C=O) groups is 2. The Hall–Kier alpha value is -3.41. The van der Waals surface area contributed by atoms with Crippen molar-refractivity contribution >= 4 is 44.5 Å². The van der Waals surface area contributed by atoms with Crippen LogP contribution in [0.3, 0.4) is 0 Å². The fourth-order valence-electron chi connectivity index (χ4n) is 3.45. The van der Waals surface area contributed by atoms with Crippen LogP contribution in [0, 0.1) is 5.82 Å². The molecule has 0 aliphatic heterocycles. The largest absolute Gasteiger partial charge is 0.282 e. The molecule has 0 aliphatic carbocycles. The van der Waals surface area contributed by atoms with Gasteiger partial charge in [-0.25, -0.2) is 4.39 Å². The summed E-state index contributed by atoms with van der Waals surface area (Å²) in [5.41, 5.74) is 3.89. The van der Waals surface area contributed by atoms with Gasteiger partial charge in [-0.3, -0.25) is 9.59 Å². The molecule has 0 aromatic heterocycles. The maximum atomic E-state index is 14.8. The van der Waals surface area contributed by atoms with Crippen LogP contribution in [-0.2, 0) is 9.59 Å². The summed E-state index contributed by atoms with van der Waals surface area (Å²) in [7, 11) is 0. The number of rotatable bonds is 6. The van der Waals surface area contributed by atoms with Gasteiger partial charge in [0.2, 0.25) is 10.2 Å². The Morgan fingerprint density at radius 3 is 1.97 bits per heavy atom. The molecule has 4 rings (SSSR count). The summed E-state index contributed by atoms with van der Waals surface area (Å²) in [6.07, 6.45) is 1.21. The van der Waals surface area contributed by atoms with E-state index in [1.165, 1.54) is 23.9 Å². The average molecular weight is 485 g/mol. The van der Waals surface area contributed by atoms with Gasteiger partial charge in [0, 0.05) is 15.4 Å². The number of benzene rings is 4. The van der Waals surface area contributed by atoms with E-state index in [4.69, 9.17) is 0 Å². The number of carbonyl (C=O) groups excluding carboxylic acids is 2. The van der Waals surface area contributed by atoms with Crippen LogP contribution in [0.5, 0.6) is 0 Å². The van der Waals surface area contributed by atoms with E-state index in [9.17, 15) is 14.0 Å². The maximum Gasteiger partial charge on any atom is 0.219 e. The van der Waals surface area contributed by atoms with Crippen LogP contribution in [0.15, 0.2) is 113 Å². The zero-order valence-corrected chi connectivity index (χ0v) is 20.1. The van der Waals surface area contributed by atoms with E-state index in [-0.39, 0.29) is 16.0 Å². The molecule has 34 heavy (non-hydrogen) atoms. The lowest BCUT2D eigenvalue weighted by molar-refractivity contribution is -0.108. The lowest BCUT2D eigenvalue weighted by Gasteiger charge is -2.09. The highest BCUT2D eigenvalue weighted by atomic mass is 32.2. The standard InChI is InChI=1S/C29H21FO2S2/c1-4-28(31)33-25-13-14-26(27(30)17-25)23-8-7-21-15-20(5-6-22(21)16-23)19-9-11-24(12-10-19)34-29(32)18(2)3/h4-17H,1-2H2,3H3. The molecule has 0 amide bonds. The van der Waals surface area contributed by atoms with Crippen LogP contribution < -0.4 is 0 Å². The molecule has 4 aromatic rings. The average Bonchev–Trinajstić information content (AvgIpc) is 2.84. The van der Waals surface area contributed by atoms with E-state index in [2.05, 4.69) is 19.2 Å². The van der Waals surface area contributed by atoms with Crippen molar-refractivity contribution in [2.24, 2.45) is 0 Å². The van der Waals surface area contributed by atoms with Gasteiger partial charge in [0.05, 0.1) is 0 Å². The van der Waals surface area contributed by atoms with Crippen molar-refractivity contribution in [1.29, 1.82) is 0 Å². The Balaban J connectivity index is 1.58. The van der Waals surface area contributed by atoms with Crippen molar-refractivity contribution in [3.8, 4) is 22.3 Å². The monoisotopic (exact) mass is 484 g/mol. The van der Waals surface area contributed by atoms with Gasteiger partial charge >= 0.3 is 0 Å². The van der Waals surface area contributed by atoms with Crippen LogP contribution in [0.4, 0.5) is 4.39 Å². The van der Waals surface area contributed by atoms with Gasteiger partial charge in [-0.1, -0.05) is 55.6 Å². The minimum absolute atomic E-state index is 0.0376. The lowest BCUT2D eigenvalue weighted by Crippen LogP contribution is -1.90. The molecule has 5 heteroatoms. The van der Waals surface area contributed by atoms with Crippen LogP contribution in [0.25, 0.3) is 33.0 Å². The van der Waals surface area contributed by atoms with Crippen LogP contribution in [-0.4, -0.2) is 10.2 Å². The summed E-state index contributed by atoms with van der Waals surface area (Å²) in [6, 6.07) is 24.7. The van der Waals surface area contributed by atoms with Crippen molar-refractivity contribution in [3.63, 3.8) is 0 Å². The van der Waals surface area contributed by atoms with Crippen LogP contribution in [0.2, 0.25) is 0 Å².